The van der Waals surface area contributed by atoms with Crippen LogP contribution in [0.15, 0.2) is 30.5 Å². The molecule has 1 aliphatic carbocycles. The predicted octanol–water partition coefficient (Wildman–Crippen LogP) is 5.58. The number of aryl methyl sites for hydroxylation is 2. The molecule has 1 saturated heterocycles. The molecule has 2 aromatic rings. The third-order valence-electron chi connectivity index (χ3n) is 6.84. The molecule has 1 aliphatic heterocycles. The number of hydrogen-bond donors (Lipinski definition) is 0. The van der Waals surface area contributed by atoms with Gasteiger partial charge in [-0.05, 0) is 89.1 Å². The first kappa shape index (κ1) is 21.0. The Morgan fingerprint density at radius 1 is 1.28 bits per heavy atom. The van der Waals surface area contributed by atoms with Crippen molar-refractivity contribution in [2.45, 2.75) is 58.4 Å². The van der Waals surface area contributed by atoms with E-state index in [2.05, 4.69) is 35.9 Å². The first-order valence-corrected chi connectivity index (χ1v) is 11.7. The molecule has 0 N–H and O–H groups in total. The average Bonchev–Trinajstić information content (AvgIpc) is 3.25. The number of aromatic nitrogens is 1. The lowest BCUT2D eigenvalue weighted by Crippen LogP contribution is -2.42. The highest BCUT2D eigenvalue weighted by molar-refractivity contribution is 7.10. The minimum Gasteiger partial charge on any atom is -0.381 e. The van der Waals surface area contributed by atoms with Gasteiger partial charge in [-0.3, -0.25) is 9.88 Å². The highest BCUT2D eigenvalue weighted by Gasteiger charge is 2.44. The van der Waals surface area contributed by atoms with Crippen LogP contribution in [0.3, 0.4) is 0 Å². The van der Waals surface area contributed by atoms with Gasteiger partial charge in [0, 0.05) is 40.9 Å². The molecule has 29 heavy (non-hydrogen) atoms. The van der Waals surface area contributed by atoms with E-state index < -0.39 is 0 Å². The second-order valence-corrected chi connectivity index (χ2v) is 10.7. The van der Waals surface area contributed by atoms with Gasteiger partial charge in [0.2, 0.25) is 0 Å². The summed E-state index contributed by atoms with van der Waals surface area (Å²) in [5.41, 5.74) is 2.40. The molecule has 3 nitrogen and oxygen atoms in total. The Morgan fingerprint density at radius 3 is 2.76 bits per heavy atom. The van der Waals surface area contributed by atoms with Gasteiger partial charge < -0.3 is 4.74 Å². The summed E-state index contributed by atoms with van der Waals surface area (Å²) in [5, 5.41) is -0.0833. The van der Waals surface area contributed by atoms with Crippen LogP contribution in [0.25, 0.3) is 0 Å². The zero-order valence-corrected chi connectivity index (χ0v) is 18.7. The Kier molecular flexibility index (Phi) is 6.10. The van der Waals surface area contributed by atoms with Gasteiger partial charge in [-0.25, -0.2) is 0 Å². The van der Waals surface area contributed by atoms with E-state index in [-0.39, 0.29) is 16.1 Å². The number of hydrogen-bond acceptors (Lipinski definition) is 4. The highest BCUT2D eigenvalue weighted by atomic mass is 32.1. The Labute approximate surface area is 178 Å². The van der Waals surface area contributed by atoms with Crippen molar-refractivity contribution in [1.29, 1.82) is 0 Å². The third kappa shape index (κ3) is 5.07. The lowest BCUT2D eigenvalue weighted by molar-refractivity contribution is 0.0280. The monoisotopic (exact) mass is 416 g/mol. The molecular formula is C24H33FN2OS. The molecule has 2 aliphatic rings. The maximum absolute atomic E-state index is 13.4. The molecule has 1 saturated carbocycles. The second kappa shape index (κ2) is 8.44. The Bertz CT molecular complexity index is 815. The van der Waals surface area contributed by atoms with Crippen molar-refractivity contribution in [2.75, 3.05) is 26.3 Å². The topological polar surface area (TPSA) is 25.4 Å². The Morgan fingerprint density at radius 2 is 2.10 bits per heavy atom. The molecule has 3 heterocycles. The minimum absolute atomic E-state index is 0.0615. The quantitative estimate of drug-likeness (QED) is 0.534. The zero-order valence-electron chi connectivity index (χ0n) is 17.9. The summed E-state index contributed by atoms with van der Waals surface area (Å²) in [6.07, 6.45) is 7.78. The van der Waals surface area contributed by atoms with Crippen LogP contribution in [0, 0.1) is 23.4 Å². The summed E-state index contributed by atoms with van der Waals surface area (Å²) in [6.45, 7) is 10.4. The van der Waals surface area contributed by atoms with Gasteiger partial charge in [-0.1, -0.05) is 6.07 Å². The van der Waals surface area contributed by atoms with Crippen molar-refractivity contribution >= 4 is 11.3 Å². The zero-order chi connectivity index (χ0) is 20.5. The minimum atomic E-state index is -0.0833. The molecule has 0 radical (unpaired) electrons. The number of pyridine rings is 1. The average molecular weight is 417 g/mol. The van der Waals surface area contributed by atoms with Crippen LogP contribution in [0.2, 0.25) is 0 Å². The van der Waals surface area contributed by atoms with Gasteiger partial charge >= 0.3 is 0 Å². The maximum Gasteiger partial charge on any atom is 0.176 e. The van der Waals surface area contributed by atoms with Crippen molar-refractivity contribution in [3.63, 3.8) is 0 Å². The summed E-state index contributed by atoms with van der Waals surface area (Å²) in [4.78, 5) is 8.26. The van der Waals surface area contributed by atoms with E-state index in [0.717, 1.165) is 62.1 Å². The Hall–Kier alpha value is -1.30. The number of nitrogens with zero attached hydrogens (tertiary/aromatic N) is 2. The van der Waals surface area contributed by atoms with Crippen molar-refractivity contribution in [2.24, 2.45) is 11.3 Å². The summed E-state index contributed by atoms with van der Waals surface area (Å²) in [7, 11) is 0. The van der Waals surface area contributed by atoms with Crippen LogP contribution in [-0.4, -0.2) is 36.2 Å². The number of halogens is 1. The van der Waals surface area contributed by atoms with Crippen LogP contribution in [0.4, 0.5) is 4.39 Å². The number of thiophene rings is 1. The maximum atomic E-state index is 13.4. The normalized spacial score (nSPS) is 23.0. The first-order valence-electron chi connectivity index (χ1n) is 10.9. The number of rotatable bonds is 9. The molecule has 0 aromatic carbocycles. The molecule has 0 spiro atoms. The Balaban J connectivity index is 1.46. The molecule has 2 fully saturated rings. The van der Waals surface area contributed by atoms with Crippen molar-refractivity contribution in [1.82, 2.24) is 9.88 Å². The summed E-state index contributed by atoms with van der Waals surface area (Å²) in [6, 6.07) is 7.84. The van der Waals surface area contributed by atoms with Gasteiger partial charge in [-0.15, -0.1) is 11.3 Å². The fourth-order valence-corrected chi connectivity index (χ4v) is 5.15. The summed E-state index contributed by atoms with van der Waals surface area (Å²) < 4.78 is 19.6. The van der Waals surface area contributed by atoms with Crippen LogP contribution >= 0.6 is 11.3 Å². The van der Waals surface area contributed by atoms with E-state index in [4.69, 9.17) is 4.74 Å². The van der Waals surface area contributed by atoms with Crippen LogP contribution in [-0.2, 0) is 16.7 Å². The molecule has 2 aromatic heterocycles. The highest BCUT2D eigenvalue weighted by Crippen LogP contribution is 2.42. The molecule has 5 heteroatoms. The van der Waals surface area contributed by atoms with E-state index in [0.29, 0.717) is 0 Å². The number of ether oxygens (including phenoxy) is 1. The summed E-state index contributed by atoms with van der Waals surface area (Å²) in [5.74, 6) is 0.783. The van der Waals surface area contributed by atoms with Crippen LogP contribution < -0.4 is 0 Å². The molecule has 0 bridgehead atoms. The van der Waals surface area contributed by atoms with Crippen molar-refractivity contribution < 1.29 is 9.13 Å². The molecule has 0 amide bonds. The van der Waals surface area contributed by atoms with Crippen molar-refractivity contribution in [3.05, 3.63) is 51.7 Å². The summed E-state index contributed by atoms with van der Waals surface area (Å²) >= 11 is 1.28. The van der Waals surface area contributed by atoms with Gasteiger partial charge in [-0.2, -0.15) is 4.39 Å². The standard InChI is InChI=1S/C24H33FN2OS/c1-18-4-7-20(14-26-18)23(2,3)27-13-12-24(16-27,17-28-15-19-5-6-19)11-10-21-8-9-22(25)29-21/h4,7-9,14,19H,5-6,10-13,15-17H2,1-3H3. The molecule has 1 unspecified atom stereocenters. The fourth-order valence-electron chi connectivity index (χ4n) is 4.42. The lowest BCUT2D eigenvalue weighted by Gasteiger charge is -2.38. The van der Waals surface area contributed by atoms with Gasteiger partial charge in [0.05, 0.1) is 6.61 Å². The molecular weight excluding hydrogens is 383 g/mol. The molecule has 4 rings (SSSR count). The van der Waals surface area contributed by atoms with Gasteiger partial charge in [0.1, 0.15) is 0 Å². The lowest BCUT2D eigenvalue weighted by atomic mass is 9.82. The van der Waals surface area contributed by atoms with Gasteiger partial charge in [0.25, 0.3) is 0 Å². The number of likely N-dealkylation sites (tertiary alicyclic amines) is 1. The van der Waals surface area contributed by atoms with E-state index in [9.17, 15) is 4.39 Å². The smallest absolute Gasteiger partial charge is 0.176 e. The first-order chi connectivity index (χ1) is 13.9. The second-order valence-electron chi connectivity index (χ2n) is 9.58. The molecule has 158 valence electrons. The van der Waals surface area contributed by atoms with Crippen molar-refractivity contribution in [3.8, 4) is 0 Å². The van der Waals surface area contributed by atoms with E-state index in [1.807, 2.05) is 19.2 Å². The predicted molar refractivity (Wildman–Crippen MR) is 117 cm³/mol. The van der Waals surface area contributed by atoms with E-state index in [1.54, 1.807) is 6.07 Å². The van der Waals surface area contributed by atoms with Crippen LogP contribution in [0.5, 0.6) is 0 Å². The van der Waals surface area contributed by atoms with E-state index >= 15 is 0 Å². The largest absolute Gasteiger partial charge is 0.381 e. The van der Waals surface area contributed by atoms with Crippen LogP contribution in [0.1, 0.15) is 55.7 Å². The molecule has 1 atom stereocenters. The van der Waals surface area contributed by atoms with E-state index in [1.165, 1.54) is 29.7 Å². The van der Waals surface area contributed by atoms with Gasteiger partial charge in [0.15, 0.2) is 5.13 Å². The SMILES string of the molecule is Cc1ccc(C(C)(C)N2CCC(CCc3ccc(F)s3)(COCC3CC3)C2)cn1. The fraction of sp³-hybridized carbons (Fsp3) is 0.625. The third-order valence-corrected chi connectivity index (χ3v) is 7.77.